The summed E-state index contributed by atoms with van der Waals surface area (Å²) in [5.41, 5.74) is -0.671. The number of halogens is 6. The van der Waals surface area contributed by atoms with Crippen LogP contribution in [0.1, 0.15) is 5.56 Å². The summed E-state index contributed by atoms with van der Waals surface area (Å²) in [4.78, 5) is 15.1. The van der Waals surface area contributed by atoms with Crippen LogP contribution in [0, 0.1) is 17.5 Å². The van der Waals surface area contributed by atoms with Crippen LogP contribution in [0.2, 0.25) is 0 Å². The van der Waals surface area contributed by atoms with Crippen LogP contribution in [0.25, 0.3) is 11.1 Å². The SMILES string of the molecule is CN1CCOc2c(F)cc(F)cc2-c2cccc(c2F)C[C@H]2C(NS(=O)(=O)C(F)F)[C@@H](F)CN2C1=O. The molecule has 0 aromatic heterocycles. The highest BCUT2D eigenvalue weighted by atomic mass is 32.2. The fourth-order valence-corrected chi connectivity index (χ4v) is 5.19. The fraction of sp³-hybridized carbons (Fsp3) is 0.409. The highest BCUT2D eigenvalue weighted by molar-refractivity contribution is 7.89. The molecule has 36 heavy (non-hydrogen) atoms. The zero-order chi connectivity index (χ0) is 26.4. The Morgan fingerprint density at radius 1 is 1.14 bits per heavy atom. The molecule has 1 N–H and O–H groups in total. The van der Waals surface area contributed by atoms with E-state index in [0.29, 0.717) is 6.07 Å². The normalized spacial score (nSPS) is 22.9. The van der Waals surface area contributed by atoms with E-state index >= 15 is 4.39 Å². The van der Waals surface area contributed by atoms with Crippen LogP contribution in [0.15, 0.2) is 30.3 Å². The Morgan fingerprint density at radius 2 is 1.86 bits per heavy atom. The number of urea groups is 1. The van der Waals surface area contributed by atoms with Gasteiger partial charge in [-0.2, -0.15) is 8.78 Å². The Labute approximate surface area is 202 Å². The van der Waals surface area contributed by atoms with E-state index in [0.717, 1.165) is 15.9 Å². The second-order valence-electron chi connectivity index (χ2n) is 8.48. The van der Waals surface area contributed by atoms with Crippen molar-refractivity contribution < 1.29 is 44.3 Å². The number of carbonyl (C=O) groups is 1. The second-order valence-corrected chi connectivity index (χ2v) is 10.2. The number of likely N-dealkylation sites (N-methyl/N-ethyl adjacent to an activating group) is 1. The first kappa shape index (κ1) is 26.1. The zero-order valence-electron chi connectivity index (χ0n) is 18.7. The van der Waals surface area contributed by atoms with Crippen LogP contribution >= 0.6 is 0 Å². The molecule has 1 saturated heterocycles. The average Bonchev–Trinajstić information content (AvgIpc) is 3.09. The molecule has 0 saturated carbocycles. The second kappa shape index (κ2) is 9.81. The molecule has 0 spiro atoms. The lowest BCUT2D eigenvalue weighted by molar-refractivity contribution is 0.145. The smallest absolute Gasteiger partial charge is 0.350 e. The Kier molecular flexibility index (Phi) is 7.10. The van der Waals surface area contributed by atoms with Gasteiger partial charge in [-0.1, -0.05) is 18.2 Å². The van der Waals surface area contributed by atoms with Crippen molar-refractivity contribution in [1.82, 2.24) is 14.5 Å². The van der Waals surface area contributed by atoms with Gasteiger partial charge in [0.2, 0.25) is 0 Å². The van der Waals surface area contributed by atoms with Crippen molar-refractivity contribution in [3.05, 3.63) is 53.3 Å². The van der Waals surface area contributed by atoms with Gasteiger partial charge in [-0.05, 0) is 18.1 Å². The van der Waals surface area contributed by atoms with Gasteiger partial charge in [-0.25, -0.2) is 35.5 Å². The maximum atomic E-state index is 15.6. The Morgan fingerprint density at radius 3 is 2.56 bits per heavy atom. The number of ether oxygens (including phenoxy) is 1. The lowest BCUT2D eigenvalue weighted by Gasteiger charge is -2.31. The molecular weight excluding hydrogens is 516 g/mol. The fourth-order valence-electron chi connectivity index (χ4n) is 4.40. The van der Waals surface area contributed by atoms with E-state index in [-0.39, 0.29) is 29.8 Å². The number of sulfonamides is 1. The Bertz CT molecular complexity index is 1280. The van der Waals surface area contributed by atoms with E-state index in [1.807, 2.05) is 0 Å². The zero-order valence-corrected chi connectivity index (χ0v) is 19.5. The van der Waals surface area contributed by atoms with Gasteiger partial charge in [0.1, 0.15) is 24.4 Å². The van der Waals surface area contributed by atoms with Gasteiger partial charge in [0.15, 0.2) is 11.6 Å². The van der Waals surface area contributed by atoms with E-state index in [2.05, 4.69) is 0 Å². The first-order chi connectivity index (χ1) is 16.9. The minimum absolute atomic E-state index is 0.164. The number of nitrogens with one attached hydrogen (secondary N) is 1. The van der Waals surface area contributed by atoms with Crippen LogP contribution < -0.4 is 9.46 Å². The first-order valence-corrected chi connectivity index (χ1v) is 12.3. The summed E-state index contributed by atoms with van der Waals surface area (Å²) >= 11 is 0. The summed E-state index contributed by atoms with van der Waals surface area (Å²) in [7, 11) is -3.94. The summed E-state index contributed by atoms with van der Waals surface area (Å²) in [5, 5.41) is 0. The number of fused-ring (bicyclic) bond motifs is 5. The predicted octanol–water partition coefficient (Wildman–Crippen LogP) is 3.29. The van der Waals surface area contributed by atoms with Crippen molar-refractivity contribution in [3.63, 3.8) is 0 Å². The van der Waals surface area contributed by atoms with Crippen LogP contribution in [0.3, 0.4) is 0 Å². The summed E-state index contributed by atoms with van der Waals surface area (Å²) in [5.74, 6) is -7.38. The molecule has 3 atom stereocenters. The minimum Gasteiger partial charge on any atom is -0.488 e. The van der Waals surface area contributed by atoms with Gasteiger partial charge in [-0.15, -0.1) is 0 Å². The number of rotatable bonds is 3. The van der Waals surface area contributed by atoms with Crippen molar-refractivity contribution in [3.8, 4) is 16.9 Å². The van der Waals surface area contributed by atoms with Crippen LogP contribution in [0.4, 0.5) is 31.1 Å². The lowest BCUT2D eigenvalue weighted by Crippen LogP contribution is -2.52. The maximum Gasteiger partial charge on any atom is 0.350 e. The van der Waals surface area contributed by atoms with Gasteiger partial charge in [-0.3, -0.25) is 0 Å². The van der Waals surface area contributed by atoms with Gasteiger partial charge >= 0.3 is 11.8 Å². The number of carbonyl (C=O) groups excluding carboxylic acids is 1. The summed E-state index contributed by atoms with van der Waals surface area (Å²) in [6, 6.07) is 1.27. The molecule has 2 heterocycles. The molecule has 1 fully saturated rings. The molecule has 1 unspecified atom stereocenters. The molecule has 0 radical (unpaired) electrons. The highest BCUT2D eigenvalue weighted by Crippen LogP contribution is 2.37. The molecule has 2 bridgehead atoms. The average molecular weight is 537 g/mol. The number of amides is 2. The van der Waals surface area contributed by atoms with Gasteiger partial charge in [0.05, 0.1) is 25.2 Å². The highest BCUT2D eigenvalue weighted by Gasteiger charge is 2.48. The monoisotopic (exact) mass is 537 g/mol. The Balaban J connectivity index is 1.85. The van der Waals surface area contributed by atoms with Crippen molar-refractivity contribution >= 4 is 16.1 Å². The molecule has 2 aliphatic heterocycles. The topological polar surface area (TPSA) is 79.0 Å². The molecule has 2 aromatic rings. The standard InChI is InChI=1S/C22H21F6N3O4S/c1-30-5-6-35-20-14(8-12(23)9-15(20)24)13-4-2-3-11(18(13)26)7-17-19(29-36(33,34)21(27)28)16(25)10-31(17)22(30)32/h2-4,8-9,16-17,19,21,29H,5-7,10H2,1H3/t16-,17-,19?/m0/s1. The molecule has 2 amide bonds. The maximum absolute atomic E-state index is 15.6. The molecule has 14 heteroatoms. The number of hydrogen-bond donors (Lipinski definition) is 1. The van der Waals surface area contributed by atoms with E-state index in [4.69, 9.17) is 4.74 Å². The third-order valence-electron chi connectivity index (χ3n) is 6.16. The van der Waals surface area contributed by atoms with Gasteiger partial charge in [0.25, 0.3) is 10.0 Å². The van der Waals surface area contributed by atoms with Crippen molar-refractivity contribution in [2.75, 3.05) is 26.7 Å². The lowest BCUT2D eigenvalue weighted by atomic mass is 9.95. The van der Waals surface area contributed by atoms with Gasteiger partial charge < -0.3 is 14.5 Å². The van der Waals surface area contributed by atoms with E-state index < -0.39 is 76.2 Å². The molecule has 4 rings (SSSR count). The summed E-state index contributed by atoms with van der Waals surface area (Å²) in [6.45, 7) is -1.12. The minimum atomic E-state index is -5.25. The third-order valence-corrected chi connectivity index (χ3v) is 7.23. The number of alkyl halides is 3. The Hall–Kier alpha value is -3.00. The first-order valence-electron chi connectivity index (χ1n) is 10.8. The largest absolute Gasteiger partial charge is 0.488 e. The van der Waals surface area contributed by atoms with E-state index in [1.54, 1.807) is 4.72 Å². The molecule has 2 aromatic carbocycles. The van der Waals surface area contributed by atoms with E-state index in [1.165, 1.54) is 25.2 Å². The van der Waals surface area contributed by atoms with E-state index in [9.17, 15) is 35.2 Å². The van der Waals surface area contributed by atoms with Gasteiger partial charge in [0, 0.05) is 24.2 Å². The molecule has 7 nitrogen and oxygen atoms in total. The quantitative estimate of drug-likeness (QED) is 0.610. The predicted molar refractivity (Wildman–Crippen MR) is 116 cm³/mol. The summed E-state index contributed by atoms with van der Waals surface area (Å²) in [6.07, 6.45) is -2.55. The molecule has 196 valence electrons. The van der Waals surface area contributed by atoms with Crippen molar-refractivity contribution in [1.29, 1.82) is 0 Å². The number of benzene rings is 2. The van der Waals surface area contributed by atoms with Crippen LogP contribution in [-0.2, 0) is 16.4 Å². The molecule has 2 aliphatic rings. The van der Waals surface area contributed by atoms with Crippen molar-refractivity contribution in [2.24, 2.45) is 0 Å². The molecule has 0 aliphatic carbocycles. The number of hydrogen-bond acceptors (Lipinski definition) is 4. The third kappa shape index (κ3) is 4.83. The number of nitrogens with zero attached hydrogens (tertiary/aromatic N) is 2. The van der Waals surface area contributed by atoms with Crippen molar-refractivity contribution in [2.45, 2.75) is 30.4 Å². The van der Waals surface area contributed by atoms with Crippen LogP contribution in [-0.4, -0.2) is 75.0 Å². The molecular formula is C22H21F6N3O4S. The van der Waals surface area contributed by atoms with Crippen LogP contribution in [0.5, 0.6) is 5.75 Å². The summed E-state index contributed by atoms with van der Waals surface area (Å²) < 4.78 is 116.